The molecule has 102 valence electrons. The lowest BCUT2D eigenvalue weighted by atomic mass is 10.1. The van der Waals surface area contributed by atoms with Gasteiger partial charge in [-0.3, -0.25) is 4.90 Å². The van der Waals surface area contributed by atoms with Crippen LogP contribution in [-0.4, -0.2) is 22.6 Å². The van der Waals surface area contributed by atoms with Gasteiger partial charge in [-0.05, 0) is 51.1 Å². The van der Waals surface area contributed by atoms with Crippen molar-refractivity contribution in [2.75, 3.05) is 18.8 Å². The lowest BCUT2D eigenvalue weighted by molar-refractivity contribution is 0.216. The molecule has 0 spiro atoms. The molecule has 1 fully saturated rings. The van der Waals surface area contributed by atoms with Crippen molar-refractivity contribution >= 4 is 16.6 Å². The van der Waals surface area contributed by atoms with E-state index in [-0.39, 0.29) is 0 Å². The molecule has 2 aromatic rings. The van der Waals surface area contributed by atoms with Crippen molar-refractivity contribution in [2.24, 2.45) is 0 Å². The first-order chi connectivity index (χ1) is 9.28. The highest BCUT2D eigenvalue weighted by atomic mass is 15.1. The Kier molecular flexibility index (Phi) is 3.47. The van der Waals surface area contributed by atoms with Crippen molar-refractivity contribution in [1.82, 2.24) is 9.47 Å². The van der Waals surface area contributed by atoms with Crippen molar-refractivity contribution in [3.05, 3.63) is 30.0 Å². The fourth-order valence-electron chi connectivity index (χ4n) is 3.18. The van der Waals surface area contributed by atoms with Gasteiger partial charge in [0.2, 0.25) is 0 Å². The molecule has 1 aliphatic heterocycles. The highest BCUT2D eigenvalue weighted by Gasteiger charge is 2.14. The van der Waals surface area contributed by atoms with Crippen molar-refractivity contribution in [2.45, 2.75) is 39.3 Å². The Labute approximate surface area is 115 Å². The van der Waals surface area contributed by atoms with E-state index in [2.05, 4.69) is 34.6 Å². The Morgan fingerprint density at radius 1 is 1.11 bits per heavy atom. The summed E-state index contributed by atoms with van der Waals surface area (Å²) in [7, 11) is 0. The van der Waals surface area contributed by atoms with E-state index in [1.807, 2.05) is 6.07 Å². The third-order valence-electron chi connectivity index (χ3n) is 4.16. The predicted molar refractivity (Wildman–Crippen MR) is 81.2 cm³/mol. The first-order valence-electron chi connectivity index (χ1n) is 7.38. The van der Waals surface area contributed by atoms with Gasteiger partial charge in [-0.2, -0.15) is 0 Å². The molecule has 0 saturated carbocycles. The van der Waals surface area contributed by atoms with Gasteiger partial charge in [-0.25, -0.2) is 0 Å². The Bertz CT molecular complexity index is 565. The topological polar surface area (TPSA) is 34.2 Å². The molecule has 1 saturated heterocycles. The monoisotopic (exact) mass is 257 g/mol. The summed E-state index contributed by atoms with van der Waals surface area (Å²) >= 11 is 0. The second-order valence-corrected chi connectivity index (χ2v) is 5.53. The molecule has 3 nitrogen and oxygen atoms in total. The summed E-state index contributed by atoms with van der Waals surface area (Å²) in [5.41, 5.74) is 9.46. The summed E-state index contributed by atoms with van der Waals surface area (Å²) in [6, 6.07) is 8.55. The van der Waals surface area contributed by atoms with Crippen LogP contribution >= 0.6 is 0 Å². The standard InChI is InChI=1S/C16H23N3/c1-2-19-15(12-18-8-4-3-5-9-18)10-13-6-7-14(17)11-16(13)19/h6-7,10-11H,2-5,8-9,12,17H2,1H3. The highest BCUT2D eigenvalue weighted by molar-refractivity contribution is 5.84. The van der Waals surface area contributed by atoms with Gasteiger partial charge in [0.25, 0.3) is 0 Å². The minimum Gasteiger partial charge on any atom is -0.399 e. The third kappa shape index (κ3) is 2.47. The quantitative estimate of drug-likeness (QED) is 0.857. The summed E-state index contributed by atoms with van der Waals surface area (Å²) in [5.74, 6) is 0. The number of anilines is 1. The summed E-state index contributed by atoms with van der Waals surface area (Å²) in [4.78, 5) is 2.58. The van der Waals surface area contributed by atoms with Crippen LogP contribution in [0.15, 0.2) is 24.3 Å². The largest absolute Gasteiger partial charge is 0.399 e. The van der Waals surface area contributed by atoms with Gasteiger partial charge in [0, 0.05) is 29.9 Å². The summed E-state index contributed by atoms with van der Waals surface area (Å²) in [6.07, 6.45) is 4.09. The molecule has 3 heteroatoms. The second-order valence-electron chi connectivity index (χ2n) is 5.53. The molecule has 1 aromatic carbocycles. The van der Waals surface area contributed by atoms with E-state index in [9.17, 15) is 0 Å². The van der Waals surface area contributed by atoms with Crippen LogP contribution in [0.2, 0.25) is 0 Å². The summed E-state index contributed by atoms with van der Waals surface area (Å²) in [5, 5.41) is 1.31. The van der Waals surface area contributed by atoms with Gasteiger partial charge >= 0.3 is 0 Å². The van der Waals surface area contributed by atoms with Crippen molar-refractivity contribution in [3.8, 4) is 0 Å². The van der Waals surface area contributed by atoms with E-state index in [0.717, 1.165) is 18.8 Å². The van der Waals surface area contributed by atoms with E-state index in [1.54, 1.807) is 0 Å². The van der Waals surface area contributed by atoms with E-state index in [0.29, 0.717) is 0 Å². The van der Waals surface area contributed by atoms with E-state index >= 15 is 0 Å². The molecule has 2 heterocycles. The molecule has 0 radical (unpaired) electrons. The number of aryl methyl sites for hydroxylation is 1. The fraction of sp³-hybridized carbons (Fsp3) is 0.500. The molecule has 1 aromatic heterocycles. The van der Waals surface area contributed by atoms with Gasteiger partial charge in [0.1, 0.15) is 0 Å². The molecule has 19 heavy (non-hydrogen) atoms. The molecule has 0 unspecified atom stereocenters. The van der Waals surface area contributed by atoms with E-state index < -0.39 is 0 Å². The molecule has 0 amide bonds. The van der Waals surface area contributed by atoms with Crippen LogP contribution in [0, 0.1) is 0 Å². The Balaban J connectivity index is 1.93. The number of nitrogen functional groups attached to an aromatic ring is 1. The molecule has 3 rings (SSSR count). The van der Waals surface area contributed by atoms with Gasteiger partial charge in [-0.15, -0.1) is 0 Å². The first kappa shape index (κ1) is 12.5. The van der Waals surface area contributed by atoms with Crippen LogP contribution in [-0.2, 0) is 13.1 Å². The number of nitrogens with two attached hydrogens (primary N) is 1. The lowest BCUT2D eigenvalue weighted by Crippen LogP contribution is -2.29. The molecule has 2 N–H and O–H groups in total. The normalized spacial score (nSPS) is 17.1. The molecular formula is C16H23N3. The predicted octanol–water partition coefficient (Wildman–Crippen LogP) is 3.23. The number of hydrogen-bond acceptors (Lipinski definition) is 2. The number of aromatic nitrogens is 1. The van der Waals surface area contributed by atoms with Gasteiger partial charge in [0.05, 0.1) is 5.52 Å². The van der Waals surface area contributed by atoms with Gasteiger partial charge in [-0.1, -0.05) is 12.5 Å². The minimum absolute atomic E-state index is 0.852. The van der Waals surface area contributed by atoms with Gasteiger partial charge in [0.15, 0.2) is 0 Å². The number of hydrogen-bond donors (Lipinski definition) is 1. The van der Waals surface area contributed by atoms with Crippen molar-refractivity contribution < 1.29 is 0 Å². The van der Waals surface area contributed by atoms with Crippen LogP contribution in [0.1, 0.15) is 31.9 Å². The molecule has 1 aliphatic rings. The zero-order chi connectivity index (χ0) is 13.2. The van der Waals surface area contributed by atoms with Crippen LogP contribution in [0.5, 0.6) is 0 Å². The van der Waals surface area contributed by atoms with Crippen LogP contribution in [0.4, 0.5) is 5.69 Å². The van der Waals surface area contributed by atoms with E-state index in [1.165, 1.54) is 48.9 Å². The van der Waals surface area contributed by atoms with Crippen molar-refractivity contribution in [3.63, 3.8) is 0 Å². The smallest absolute Gasteiger partial charge is 0.0503 e. The fourth-order valence-corrected chi connectivity index (χ4v) is 3.18. The average molecular weight is 257 g/mol. The average Bonchev–Trinajstić information content (AvgIpc) is 2.76. The number of likely N-dealkylation sites (tertiary alicyclic amines) is 1. The molecule has 0 atom stereocenters. The summed E-state index contributed by atoms with van der Waals surface area (Å²) < 4.78 is 2.40. The number of fused-ring (bicyclic) bond motifs is 1. The highest BCUT2D eigenvalue weighted by Crippen LogP contribution is 2.24. The SMILES string of the molecule is CCn1c(CN2CCCCC2)cc2ccc(N)cc21. The zero-order valence-corrected chi connectivity index (χ0v) is 11.7. The number of rotatable bonds is 3. The van der Waals surface area contributed by atoms with Crippen molar-refractivity contribution in [1.29, 1.82) is 0 Å². The van der Waals surface area contributed by atoms with Crippen LogP contribution in [0.3, 0.4) is 0 Å². The second kappa shape index (κ2) is 5.25. The minimum atomic E-state index is 0.852. The van der Waals surface area contributed by atoms with Crippen LogP contribution < -0.4 is 5.73 Å². The van der Waals surface area contributed by atoms with E-state index in [4.69, 9.17) is 5.73 Å². The molecule has 0 aliphatic carbocycles. The Hall–Kier alpha value is -1.48. The maximum absolute atomic E-state index is 5.92. The maximum atomic E-state index is 5.92. The maximum Gasteiger partial charge on any atom is 0.0503 e. The summed E-state index contributed by atoms with van der Waals surface area (Å²) in [6.45, 7) is 6.78. The third-order valence-corrected chi connectivity index (χ3v) is 4.16. The number of nitrogens with zero attached hydrogens (tertiary/aromatic N) is 2. The van der Waals surface area contributed by atoms with Crippen LogP contribution in [0.25, 0.3) is 10.9 Å². The zero-order valence-electron chi connectivity index (χ0n) is 11.7. The Morgan fingerprint density at radius 2 is 1.89 bits per heavy atom. The Morgan fingerprint density at radius 3 is 2.63 bits per heavy atom. The first-order valence-corrected chi connectivity index (χ1v) is 7.38. The molecule has 0 bridgehead atoms. The number of piperidine rings is 1. The van der Waals surface area contributed by atoms with Gasteiger partial charge < -0.3 is 10.3 Å². The number of benzene rings is 1. The lowest BCUT2D eigenvalue weighted by Gasteiger charge is -2.26. The molecular weight excluding hydrogens is 234 g/mol.